The Morgan fingerprint density at radius 3 is 2.86 bits per heavy atom. The quantitative estimate of drug-likeness (QED) is 0.620. The van der Waals surface area contributed by atoms with Crippen LogP contribution < -0.4 is 0 Å². The van der Waals surface area contributed by atoms with E-state index in [-0.39, 0.29) is 0 Å². The number of likely N-dealkylation sites (N-methyl/N-ethyl adjacent to an activating group) is 1. The zero-order valence-corrected chi connectivity index (χ0v) is 9.20. The monoisotopic (exact) mass is 190 g/mol. The van der Waals surface area contributed by atoms with Gasteiger partial charge in [-0.1, -0.05) is 24.8 Å². The van der Waals surface area contributed by atoms with Crippen LogP contribution in [0.1, 0.15) is 20.8 Å². The largest absolute Gasteiger partial charge is 0.354 e. The number of hydrogen-bond donors (Lipinski definition) is 0. The summed E-state index contributed by atoms with van der Waals surface area (Å²) in [5.41, 5.74) is 0.805. The number of allylic oxidation sites excluding steroid dienone is 3. The van der Waals surface area contributed by atoms with Crippen LogP contribution in [0.25, 0.3) is 0 Å². The van der Waals surface area contributed by atoms with E-state index in [0.717, 1.165) is 18.1 Å². The molecule has 1 rings (SSSR count). The van der Waals surface area contributed by atoms with Crippen LogP contribution in [0.4, 0.5) is 0 Å². The summed E-state index contributed by atoms with van der Waals surface area (Å²) in [5.74, 6) is 1.03. The summed E-state index contributed by atoms with van der Waals surface area (Å²) in [6, 6.07) is 0.388. The number of rotatable bonds is 1. The van der Waals surface area contributed by atoms with Crippen LogP contribution >= 0.6 is 0 Å². The van der Waals surface area contributed by atoms with E-state index >= 15 is 0 Å². The van der Waals surface area contributed by atoms with Gasteiger partial charge >= 0.3 is 0 Å². The van der Waals surface area contributed by atoms with Crippen LogP contribution in [-0.4, -0.2) is 23.3 Å². The first kappa shape index (κ1) is 10.8. The van der Waals surface area contributed by atoms with Gasteiger partial charge < -0.3 is 4.90 Å². The Morgan fingerprint density at radius 1 is 1.50 bits per heavy atom. The molecule has 14 heavy (non-hydrogen) atoms. The number of aliphatic imine (C=N–C) groups is 1. The van der Waals surface area contributed by atoms with Crippen LogP contribution in [0.15, 0.2) is 41.6 Å². The van der Waals surface area contributed by atoms with Gasteiger partial charge in [0.1, 0.15) is 5.84 Å². The summed E-state index contributed by atoms with van der Waals surface area (Å²) in [5, 5.41) is 0. The highest BCUT2D eigenvalue weighted by molar-refractivity contribution is 5.81. The van der Waals surface area contributed by atoms with Crippen molar-refractivity contribution in [3.05, 3.63) is 36.6 Å². The van der Waals surface area contributed by atoms with Crippen molar-refractivity contribution in [2.45, 2.75) is 26.8 Å². The van der Waals surface area contributed by atoms with Crippen molar-refractivity contribution < 1.29 is 0 Å². The minimum Gasteiger partial charge on any atom is -0.354 e. The standard InChI is InChI=1S/C12H18N2/c1-5-14-11(3)9-7-6-8-10(2)13-12(14)4/h6-9,11H,2,5H2,1,3-4H3/b8-6-,9-7-,13-12?. The van der Waals surface area contributed by atoms with E-state index in [2.05, 4.69) is 36.4 Å². The molecule has 0 bridgehead atoms. The van der Waals surface area contributed by atoms with E-state index in [4.69, 9.17) is 0 Å². The number of hydrogen-bond acceptors (Lipinski definition) is 2. The molecule has 0 saturated carbocycles. The second kappa shape index (κ2) is 4.80. The molecule has 0 spiro atoms. The smallest absolute Gasteiger partial charge is 0.102 e. The van der Waals surface area contributed by atoms with Crippen LogP contribution in [0.3, 0.4) is 0 Å². The van der Waals surface area contributed by atoms with Gasteiger partial charge in [-0.3, -0.25) is 0 Å². The van der Waals surface area contributed by atoms with Crippen LogP contribution in [0.5, 0.6) is 0 Å². The third kappa shape index (κ3) is 2.59. The first-order valence-electron chi connectivity index (χ1n) is 5.01. The molecule has 1 aliphatic heterocycles. The molecule has 1 aliphatic rings. The number of nitrogens with zero attached hydrogens (tertiary/aromatic N) is 2. The molecule has 0 amide bonds. The minimum absolute atomic E-state index is 0.388. The van der Waals surface area contributed by atoms with Gasteiger partial charge in [-0.15, -0.1) is 0 Å². The molecule has 0 aromatic rings. The molecular formula is C12H18N2. The van der Waals surface area contributed by atoms with Gasteiger partial charge in [0.15, 0.2) is 0 Å². The van der Waals surface area contributed by atoms with E-state index in [9.17, 15) is 0 Å². The summed E-state index contributed by atoms with van der Waals surface area (Å²) in [6.45, 7) is 11.2. The Labute approximate surface area is 86.3 Å². The maximum absolute atomic E-state index is 4.42. The second-order valence-corrected chi connectivity index (χ2v) is 3.42. The summed E-state index contributed by atoms with van der Waals surface area (Å²) in [4.78, 5) is 6.67. The molecule has 1 atom stereocenters. The van der Waals surface area contributed by atoms with Crippen molar-refractivity contribution in [1.82, 2.24) is 4.90 Å². The van der Waals surface area contributed by atoms with Gasteiger partial charge in [-0.05, 0) is 26.8 Å². The van der Waals surface area contributed by atoms with E-state index in [1.54, 1.807) is 0 Å². The fourth-order valence-electron chi connectivity index (χ4n) is 1.62. The van der Waals surface area contributed by atoms with Crippen molar-refractivity contribution in [2.75, 3.05) is 6.54 Å². The molecule has 2 heteroatoms. The average molecular weight is 190 g/mol. The maximum atomic E-state index is 4.42. The van der Waals surface area contributed by atoms with Gasteiger partial charge in [0.25, 0.3) is 0 Å². The number of amidine groups is 1. The fraction of sp³-hybridized carbons (Fsp3) is 0.417. The highest BCUT2D eigenvalue weighted by Gasteiger charge is 2.10. The van der Waals surface area contributed by atoms with E-state index in [1.165, 1.54) is 0 Å². The average Bonchev–Trinajstić information content (AvgIpc) is 2.17. The molecule has 0 saturated heterocycles. The Morgan fingerprint density at radius 2 is 2.21 bits per heavy atom. The lowest BCUT2D eigenvalue weighted by molar-refractivity contribution is 0.394. The summed E-state index contributed by atoms with van der Waals surface area (Å²) >= 11 is 0. The first-order chi connectivity index (χ1) is 6.65. The lowest BCUT2D eigenvalue weighted by atomic mass is 10.2. The van der Waals surface area contributed by atoms with Crippen LogP contribution in [-0.2, 0) is 0 Å². The summed E-state index contributed by atoms with van der Waals surface area (Å²) in [6.07, 6.45) is 8.12. The Hall–Kier alpha value is -1.31. The van der Waals surface area contributed by atoms with Gasteiger partial charge in [0.2, 0.25) is 0 Å². The lowest BCUT2D eigenvalue weighted by Crippen LogP contribution is -2.35. The Kier molecular flexibility index (Phi) is 3.69. The zero-order chi connectivity index (χ0) is 10.6. The SMILES string of the molecule is C=C1/C=C\C=C/C(C)N(CC)C(C)=N1. The first-order valence-corrected chi connectivity index (χ1v) is 5.01. The Bertz CT molecular complexity index is 297. The van der Waals surface area contributed by atoms with E-state index in [1.807, 2.05) is 25.2 Å². The molecule has 0 fully saturated rings. The normalized spacial score (nSPS) is 27.4. The minimum atomic E-state index is 0.388. The van der Waals surface area contributed by atoms with Crippen LogP contribution in [0, 0.1) is 0 Å². The molecule has 0 aromatic carbocycles. The topological polar surface area (TPSA) is 15.6 Å². The predicted octanol–water partition coefficient (Wildman–Crippen LogP) is 2.75. The third-order valence-corrected chi connectivity index (χ3v) is 2.34. The van der Waals surface area contributed by atoms with E-state index in [0.29, 0.717) is 6.04 Å². The highest BCUT2D eigenvalue weighted by Crippen LogP contribution is 2.08. The summed E-state index contributed by atoms with van der Waals surface area (Å²) in [7, 11) is 0. The fourth-order valence-corrected chi connectivity index (χ4v) is 1.62. The molecule has 1 heterocycles. The molecule has 0 radical (unpaired) electrons. The van der Waals surface area contributed by atoms with Crippen molar-refractivity contribution in [3.63, 3.8) is 0 Å². The molecule has 1 unspecified atom stereocenters. The second-order valence-electron chi connectivity index (χ2n) is 3.42. The van der Waals surface area contributed by atoms with Crippen molar-refractivity contribution in [3.8, 4) is 0 Å². The lowest BCUT2D eigenvalue weighted by Gasteiger charge is -2.27. The Balaban J connectivity index is 2.99. The molecule has 0 N–H and O–H groups in total. The van der Waals surface area contributed by atoms with Gasteiger partial charge in [-0.2, -0.15) is 0 Å². The van der Waals surface area contributed by atoms with Crippen LogP contribution in [0.2, 0.25) is 0 Å². The van der Waals surface area contributed by atoms with Gasteiger partial charge in [-0.25, -0.2) is 4.99 Å². The molecule has 0 aromatic heterocycles. The molecule has 2 nitrogen and oxygen atoms in total. The van der Waals surface area contributed by atoms with Gasteiger partial charge in [0, 0.05) is 12.6 Å². The van der Waals surface area contributed by atoms with E-state index < -0.39 is 0 Å². The van der Waals surface area contributed by atoms with Crippen molar-refractivity contribution in [2.24, 2.45) is 4.99 Å². The highest BCUT2D eigenvalue weighted by atomic mass is 15.2. The van der Waals surface area contributed by atoms with Crippen molar-refractivity contribution in [1.29, 1.82) is 0 Å². The molecule has 76 valence electrons. The predicted molar refractivity (Wildman–Crippen MR) is 62.4 cm³/mol. The zero-order valence-electron chi connectivity index (χ0n) is 9.20. The third-order valence-electron chi connectivity index (χ3n) is 2.34. The summed E-state index contributed by atoms with van der Waals surface area (Å²) < 4.78 is 0. The molecule has 0 aliphatic carbocycles. The van der Waals surface area contributed by atoms with Gasteiger partial charge in [0.05, 0.1) is 5.70 Å². The maximum Gasteiger partial charge on any atom is 0.102 e. The van der Waals surface area contributed by atoms with Crippen molar-refractivity contribution >= 4 is 5.84 Å². The molecular weight excluding hydrogens is 172 g/mol.